The lowest BCUT2D eigenvalue weighted by Gasteiger charge is -2.38. The lowest BCUT2D eigenvalue weighted by atomic mass is 9.97. The van der Waals surface area contributed by atoms with Gasteiger partial charge in [0.1, 0.15) is 6.04 Å². The van der Waals surface area contributed by atoms with E-state index < -0.39 is 0 Å². The molecule has 2 aliphatic heterocycles. The highest BCUT2D eigenvalue weighted by atomic mass is 32.1. The van der Waals surface area contributed by atoms with Crippen LogP contribution >= 0.6 is 11.3 Å². The Kier molecular flexibility index (Phi) is 5.39. The van der Waals surface area contributed by atoms with Crippen LogP contribution in [0.4, 0.5) is 0 Å². The molecule has 2 aromatic rings. The Balaban J connectivity index is 1.46. The topological polar surface area (TPSA) is 40.6 Å². The molecule has 4 rings (SSSR count). The van der Waals surface area contributed by atoms with E-state index in [1.807, 2.05) is 40.6 Å². The van der Waals surface area contributed by atoms with Gasteiger partial charge in [0.15, 0.2) is 0 Å². The predicted molar refractivity (Wildman–Crippen MR) is 109 cm³/mol. The Hall–Kier alpha value is -2.40. The third kappa shape index (κ3) is 3.83. The molecule has 1 saturated heterocycles. The largest absolute Gasteiger partial charge is 0.337 e. The number of nitrogens with zero attached hydrogens (tertiary/aromatic N) is 2. The molecule has 0 bridgehead atoms. The fraction of sp³-hybridized carbons (Fsp3) is 0.364. The molecule has 2 aliphatic rings. The zero-order valence-corrected chi connectivity index (χ0v) is 16.2. The van der Waals surface area contributed by atoms with Gasteiger partial charge in [-0.05, 0) is 48.3 Å². The maximum Gasteiger partial charge on any atom is 0.264 e. The predicted octanol–water partition coefficient (Wildman–Crippen LogP) is 4.06. The SMILES string of the molecule is O=C([C@H]1CCCCN1C(=O)c1cccs1)N1CC=C(c2ccccc2)CC1. The third-order valence-electron chi connectivity index (χ3n) is 5.45. The molecule has 2 amide bonds. The second-order valence-electron chi connectivity index (χ2n) is 7.12. The van der Waals surface area contributed by atoms with Crippen molar-refractivity contribution in [3.05, 3.63) is 64.4 Å². The summed E-state index contributed by atoms with van der Waals surface area (Å²) in [5, 5.41) is 1.91. The number of thiophene rings is 1. The number of amides is 2. The fourth-order valence-corrected chi connectivity index (χ4v) is 4.65. The maximum atomic E-state index is 13.2. The Morgan fingerprint density at radius 3 is 2.56 bits per heavy atom. The minimum absolute atomic E-state index is 0.000533. The molecule has 1 aromatic heterocycles. The van der Waals surface area contributed by atoms with Crippen LogP contribution in [0.1, 0.15) is 40.9 Å². The first kappa shape index (κ1) is 18.0. The van der Waals surface area contributed by atoms with Crippen molar-refractivity contribution in [2.75, 3.05) is 19.6 Å². The van der Waals surface area contributed by atoms with Gasteiger partial charge >= 0.3 is 0 Å². The van der Waals surface area contributed by atoms with Crippen molar-refractivity contribution >= 4 is 28.7 Å². The van der Waals surface area contributed by atoms with Crippen molar-refractivity contribution in [1.82, 2.24) is 9.80 Å². The van der Waals surface area contributed by atoms with Gasteiger partial charge in [-0.2, -0.15) is 0 Å². The average molecular weight is 381 g/mol. The van der Waals surface area contributed by atoms with Crippen LogP contribution in [0.5, 0.6) is 0 Å². The summed E-state index contributed by atoms with van der Waals surface area (Å²) in [6.45, 7) is 2.02. The van der Waals surface area contributed by atoms with Crippen molar-refractivity contribution in [2.45, 2.75) is 31.7 Å². The molecule has 27 heavy (non-hydrogen) atoms. The highest BCUT2D eigenvalue weighted by Crippen LogP contribution is 2.26. The monoisotopic (exact) mass is 380 g/mol. The van der Waals surface area contributed by atoms with E-state index in [1.165, 1.54) is 22.5 Å². The summed E-state index contributed by atoms with van der Waals surface area (Å²) < 4.78 is 0. The molecule has 4 nitrogen and oxygen atoms in total. The first-order chi connectivity index (χ1) is 13.2. The van der Waals surface area contributed by atoms with Gasteiger partial charge in [-0.1, -0.05) is 42.5 Å². The molecule has 3 heterocycles. The number of hydrogen-bond acceptors (Lipinski definition) is 3. The van der Waals surface area contributed by atoms with E-state index in [-0.39, 0.29) is 17.9 Å². The summed E-state index contributed by atoms with van der Waals surface area (Å²) in [6.07, 6.45) is 5.76. The van der Waals surface area contributed by atoms with Gasteiger partial charge in [-0.15, -0.1) is 11.3 Å². The van der Waals surface area contributed by atoms with Crippen molar-refractivity contribution < 1.29 is 9.59 Å². The van der Waals surface area contributed by atoms with E-state index in [4.69, 9.17) is 0 Å². The van der Waals surface area contributed by atoms with Crippen LogP contribution in [0.15, 0.2) is 53.9 Å². The quantitative estimate of drug-likeness (QED) is 0.806. The van der Waals surface area contributed by atoms with E-state index in [2.05, 4.69) is 18.2 Å². The summed E-state index contributed by atoms with van der Waals surface area (Å²) in [6, 6.07) is 13.8. The zero-order valence-electron chi connectivity index (χ0n) is 15.3. The minimum atomic E-state index is -0.319. The minimum Gasteiger partial charge on any atom is -0.337 e. The molecule has 0 aliphatic carbocycles. The van der Waals surface area contributed by atoms with E-state index in [0.29, 0.717) is 13.1 Å². The van der Waals surface area contributed by atoms with Crippen LogP contribution in [0, 0.1) is 0 Å². The highest BCUT2D eigenvalue weighted by molar-refractivity contribution is 7.12. The lowest BCUT2D eigenvalue weighted by molar-refractivity contribution is -0.136. The van der Waals surface area contributed by atoms with Crippen molar-refractivity contribution in [2.24, 2.45) is 0 Å². The van der Waals surface area contributed by atoms with Gasteiger partial charge in [0.05, 0.1) is 4.88 Å². The normalized spacial score (nSPS) is 20.3. The second kappa shape index (κ2) is 8.09. The number of piperidine rings is 1. The molecule has 1 atom stereocenters. The molecule has 0 saturated carbocycles. The average Bonchev–Trinajstić information content (AvgIpc) is 3.28. The van der Waals surface area contributed by atoms with E-state index in [9.17, 15) is 9.59 Å². The van der Waals surface area contributed by atoms with Gasteiger partial charge in [-0.3, -0.25) is 9.59 Å². The van der Waals surface area contributed by atoms with E-state index in [0.717, 1.165) is 37.1 Å². The molecule has 1 fully saturated rings. The number of benzene rings is 1. The van der Waals surface area contributed by atoms with Crippen LogP contribution in [0.25, 0.3) is 5.57 Å². The number of rotatable bonds is 3. The first-order valence-electron chi connectivity index (χ1n) is 9.62. The van der Waals surface area contributed by atoms with Crippen LogP contribution in [-0.2, 0) is 4.79 Å². The molecular formula is C22H24N2O2S. The van der Waals surface area contributed by atoms with Gasteiger partial charge in [0, 0.05) is 19.6 Å². The molecule has 140 valence electrons. The smallest absolute Gasteiger partial charge is 0.264 e. The van der Waals surface area contributed by atoms with Gasteiger partial charge in [0.25, 0.3) is 5.91 Å². The van der Waals surface area contributed by atoms with Gasteiger partial charge < -0.3 is 9.80 Å². The Labute approximate surface area is 164 Å². The van der Waals surface area contributed by atoms with E-state index >= 15 is 0 Å². The van der Waals surface area contributed by atoms with Crippen molar-refractivity contribution in [3.63, 3.8) is 0 Å². The summed E-state index contributed by atoms with van der Waals surface area (Å²) in [7, 11) is 0. The standard InChI is InChI=1S/C22H24N2O2S/c25-21(23-14-11-18(12-15-23)17-7-2-1-3-8-17)19-9-4-5-13-24(19)22(26)20-10-6-16-27-20/h1-3,6-8,10-11,16,19H,4-5,9,12-15H2/t19-/m1/s1. The van der Waals surface area contributed by atoms with Gasteiger partial charge in [-0.25, -0.2) is 0 Å². The highest BCUT2D eigenvalue weighted by Gasteiger charge is 2.35. The van der Waals surface area contributed by atoms with Crippen LogP contribution in [-0.4, -0.2) is 47.3 Å². The summed E-state index contributed by atoms with van der Waals surface area (Å²) in [5.74, 6) is 0.101. The van der Waals surface area contributed by atoms with Crippen LogP contribution < -0.4 is 0 Å². The summed E-state index contributed by atoms with van der Waals surface area (Å²) >= 11 is 1.45. The first-order valence-corrected chi connectivity index (χ1v) is 10.5. The van der Waals surface area contributed by atoms with Gasteiger partial charge in [0.2, 0.25) is 5.91 Å². The Morgan fingerprint density at radius 1 is 1.00 bits per heavy atom. The number of carbonyl (C=O) groups excluding carboxylic acids is 2. The third-order valence-corrected chi connectivity index (χ3v) is 6.30. The maximum absolute atomic E-state index is 13.2. The molecule has 1 aromatic carbocycles. The number of likely N-dealkylation sites (tertiary alicyclic amines) is 1. The molecular weight excluding hydrogens is 356 g/mol. The Morgan fingerprint density at radius 2 is 1.85 bits per heavy atom. The molecule has 0 spiro atoms. The number of hydrogen-bond donors (Lipinski definition) is 0. The molecule has 5 heteroatoms. The molecule has 0 N–H and O–H groups in total. The van der Waals surface area contributed by atoms with Crippen molar-refractivity contribution in [1.29, 1.82) is 0 Å². The molecule has 0 unspecified atom stereocenters. The van der Waals surface area contributed by atoms with Crippen molar-refractivity contribution in [3.8, 4) is 0 Å². The van der Waals surface area contributed by atoms with Crippen LogP contribution in [0.3, 0.4) is 0 Å². The summed E-state index contributed by atoms with van der Waals surface area (Å²) in [4.78, 5) is 30.5. The zero-order chi connectivity index (χ0) is 18.6. The lowest BCUT2D eigenvalue weighted by Crippen LogP contribution is -2.53. The Bertz CT molecular complexity index is 829. The fourth-order valence-electron chi connectivity index (χ4n) is 3.97. The van der Waals surface area contributed by atoms with E-state index in [1.54, 1.807) is 4.90 Å². The number of carbonyl (C=O) groups is 2. The van der Waals surface area contributed by atoms with Crippen LogP contribution in [0.2, 0.25) is 0 Å². The second-order valence-corrected chi connectivity index (χ2v) is 8.06. The molecule has 0 radical (unpaired) electrons. The summed E-state index contributed by atoms with van der Waals surface area (Å²) in [5.41, 5.74) is 2.53.